The molecule has 0 bridgehead atoms. The minimum absolute atomic E-state index is 0.368. The number of hydrogen-bond donors (Lipinski definition) is 0. The Morgan fingerprint density at radius 2 is 0.435 bits per heavy atom. The maximum Gasteiger partial charge on any atom is 0.0458 e. The number of benzene rings is 6. The van der Waals surface area contributed by atoms with Crippen molar-refractivity contribution in [2.75, 3.05) is 18.5 Å². The predicted octanol–water partition coefficient (Wildman–Crippen LogP) is 10.9. The zero-order chi connectivity index (χ0) is 31.9. The first-order valence-electron chi connectivity index (χ1n) is 15.9. The molecule has 0 aliphatic heterocycles. The molecular formula is C42H42P4. The molecule has 0 aliphatic rings. The van der Waals surface area contributed by atoms with E-state index in [4.69, 9.17) is 0 Å². The molecule has 0 fully saturated rings. The lowest BCUT2D eigenvalue weighted by Crippen LogP contribution is -2.48. The van der Waals surface area contributed by atoms with Crippen LogP contribution < -0.4 is 0 Å². The molecule has 3 atom stereocenters. The first-order valence-corrected chi connectivity index (χ1v) is 19.7. The fourth-order valence-electron chi connectivity index (χ4n) is 7.52. The molecule has 0 spiro atoms. The Balaban J connectivity index is 1.91. The average molecular weight is 671 g/mol. The second kappa shape index (κ2) is 14.9. The van der Waals surface area contributed by atoms with Gasteiger partial charge in [0.05, 0.1) is 0 Å². The van der Waals surface area contributed by atoms with Crippen molar-refractivity contribution in [3.05, 3.63) is 215 Å². The molecule has 46 heavy (non-hydrogen) atoms. The molecule has 0 aliphatic carbocycles. The Morgan fingerprint density at radius 3 is 0.565 bits per heavy atom. The van der Waals surface area contributed by atoms with Crippen LogP contribution in [0.15, 0.2) is 182 Å². The van der Waals surface area contributed by atoms with Crippen LogP contribution in [0.2, 0.25) is 0 Å². The summed E-state index contributed by atoms with van der Waals surface area (Å²) in [7, 11) is 8.62. The van der Waals surface area contributed by atoms with E-state index in [2.05, 4.69) is 210 Å². The molecule has 0 radical (unpaired) electrons. The van der Waals surface area contributed by atoms with Crippen molar-refractivity contribution in [1.29, 1.82) is 0 Å². The Morgan fingerprint density at radius 1 is 0.283 bits per heavy atom. The van der Waals surface area contributed by atoms with E-state index >= 15 is 0 Å². The third-order valence-corrected chi connectivity index (χ3v) is 16.8. The molecule has 230 valence electrons. The molecule has 0 N–H and O–H groups in total. The van der Waals surface area contributed by atoms with E-state index in [1.165, 1.54) is 33.4 Å². The first kappa shape index (κ1) is 33.0. The first-order chi connectivity index (χ1) is 22.7. The maximum atomic E-state index is 3.25. The molecule has 6 rings (SSSR count). The van der Waals surface area contributed by atoms with Gasteiger partial charge in [0.1, 0.15) is 0 Å². The van der Waals surface area contributed by atoms with Crippen LogP contribution in [0, 0.1) is 0 Å². The summed E-state index contributed by atoms with van der Waals surface area (Å²) in [6, 6.07) is 68.1. The van der Waals surface area contributed by atoms with Gasteiger partial charge in [-0.3, -0.25) is 0 Å². The van der Waals surface area contributed by atoms with Gasteiger partial charge in [0, 0.05) is 15.5 Å². The molecule has 6 aromatic rings. The lowest BCUT2D eigenvalue weighted by molar-refractivity contribution is 0.686. The summed E-state index contributed by atoms with van der Waals surface area (Å²) in [5.41, 5.74) is 8.12. The number of rotatable bonds is 12. The fraction of sp³-hybridized carbons (Fsp3) is 0.143. The Labute approximate surface area is 283 Å². The van der Waals surface area contributed by atoms with Gasteiger partial charge in [-0.15, -0.1) is 27.7 Å². The van der Waals surface area contributed by atoms with E-state index in [-0.39, 0.29) is 15.5 Å². The maximum absolute atomic E-state index is 3.25. The highest BCUT2D eigenvalue weighted by molar-refractivity contribution is 7.63. The zero-order valence-electron chi connectivity index (χ0n) is 26.1. The van der Waals surface area contributed by atoms with Crippen LogP contribution in [0.1, 0.15) is 33.4 Å². The van der Waals surface area contributed by atoms with Gasteiger partial charge in [-0.1, -0.05) is 190 Å². The van der Waals surface area contributed by atoms with Crippen LogP contribution in [0.25, 0.3) is 0 Å². The third-order valence-electron chi connectivity index (χ3n) is 9.54. The smallest absolute Gasteiger partial charge is 0.0458 e. The molecule has 4 heteroatoms. The second-order valence-corrected chi connectivity index (χ2v) is 15.9. The molecule has 0 nitrogen and oxygen atoms in total. The zero-order valence-corrected chi connectivity index (χ0v) is 30.5. The van der Waals surface area contributed by atoms with Gasteiger partial charge >= 0.3 is 0 Å². The van der Waals surface area contributed by atoms with Crippen molar-refractivity contribution < 1.29 is 0 Å². The lowest BCUT2D eigenvalue weighted by atomic mass is 9.89. The minimum atomic E-state index is -1.12. The van der Waals surface area contributed by atoms with E-state index in [9.17, 15) is 0 Å². The van der Waals surface area contributed by atoms with Crippen LogP contribution in [-0.4, -0.2) is 18.5 Å². The summed E-state index contributed by atoms with van der Waals surface area (Å²) in [5.74, 6) is 0. The van der Waals surface area contributed by atoms with Crippen molar-refractivity contribution >= 4 is 35.6 Å². The van der Waals surface area contributed by atoms with Gasteiger partial charge in [0.2, 0.25) is 0 Å². The monoisotopic (exact) mass is 670 g/mol. The fourth-order valence-corrected chi connectivity index (χ4v) is 15.5. The summed E-state index contributed by atoms with van der Waals surface area (Å²) in [5, 5.41) is -1.10. The minimum Gasteiger partial charge on any atom is -0.136 e. The molecule has 0 amide bonds. The van der Waals surface area contributed by atoms with Gasteiger partial charge in [-0.2, -0.15) is 0 Å². The normalized spacial score (nSPS) is 12.3. The molecule has 3 unspecified atom stereocenters. The van der Waals surface area contributed by atoms with Crippen LogP contribution in [0.3, 0.4) is 0 Å². The highest BCUT2D eigenvalue weighted by Crippen LogP contribution is 2.82. The Hall–Kier alpha value is -2.96. The Kier molecular flexibility index (Phi) is 10.6. The van der Waals surface area contributed by atoms with E-state index < -0.39 is 7.92 Å². The average Bonchev–Trinajstić information content (AvgIpc) is 3.16. The van der Waals surface area contributed by atoms with Crippen molar-refractivity contribution in [3.63, 3.8) is 0 Å². The van der Waals surface area contributed by atoms with Crippen molar-refractivity contribution in [2.24, 2.45) is 0 Å². The van der Waals surface area contributed by atoms with Gasteiger partial charge in [-0.05, 0) is 51.9 Å². The van der Waals surface area contributed by atoms with Gasteiger partial charge in [0.25, 0.3) is 0 Å². The number of hydrogen-bond acceptors (Lipinski definition) is 0. The molecule has 0 saturated heterocycles. The van der Waals surface area contributed by atoms with Gasteiger partial charge < -0.3 is 0 Å². The molecule has 0 aromatic heterocycles. The highest BCUT2D eigenvalue weighted by Gasteiger charge is 2.61. The molecular weight excluding hydrogens is 628 g/mol. The van der Waals surface area contributed by atoms with Gasteiger partial charge in [-0.25, -0.2) is 0 Å². The summed E-state index contributed by atoms with van der Waals surface area (Å²) in [6.45, 7) is 0. The molecule has 6 aromatic carbocycles. The second-order valence-electron chi connectivity index (χ2n) is 11.7. The SMILES string of the molecule is PCC(c1ccccc1)(c1ccccc1)P(C(CP)(c1ccccc1)c1ccccc1)C(CP)(c1ccccc1)c1ccccc1. The van der Waals surface area contributed by atoms with Crippen molar-refractivity contribution in [1.82, 2.24) is 0 Å². The topological polar surface area (TPSA) is 0 Å². The van der Waals surface area contributed by atoms with E-state index in [0.29, 0.717) is 0 Å². The highest BCUT2D eigenvalue weighted by atomic mass is 31.1. The quantitative estimate of drug-likeness (QED) is 0.114. The van der Waals surface area contributed by atoms with Crippen LogP contribution in [-0.2, 0) is 15.5 Å². The van der Waals surface area contributed by atoms with E-state index in [1.807, 2.05) is 0 Å². The standard InChI is InChI=1S/C42H42P4/c43-31-40(34-19-7-1-8-20-34,35-21-9-2-10-22-35)46(41(32-44,36-23-11-3-12-24-36)37-25-13-4-14-26-37)42(33-45,38-27-15-5-16-28-38)39-29-17-6-18-30-39/h1-30H,31-33,43-45H2. The Bertz CT molecular complexity index is 1440. The summed E-state index contributed by atoms with van der Waals surface area (Å²) >= 11 is 0. The lowest BCUT2D eigenvalue weighted by Gasteiger charge is -2.60. The van der Waals surface area contributed by atoms with E-state index in [1.54, 1.807) is 0 Å². The molecule has 0 saturated carbocycles. The van der Waals surface area contributed by atoms with Crippen LogP contribution >= 0.6 is 35.6 Å². The molecule has 0 heterocycles. The summed E-state index contributed by atoms with van der Waals surface area (Å²) in [4.78, 5) is 0. The summed E-state index contributed by atoms with van der Waals surface area (Å²) in [6.07, 6.45) is 2.60. The van der Waals surface area contributed by atoms with Crippen LogP contribution in [0.4, 0.5) is 0 Å². The predicted molar refractivity (Wildman–Crippen MR) is 212 cm³/mol. The van der Waals surface area contributed by atoms with Crippen molar-refractivity contribution in [2.45, 2.75) is 15.5 Å². The third kappa shape index (κ3) is 5.64. The van der Waals surface area contributed by atoms with Gasteiger partial charge in [0.15, 0.2) is 0 Å². The van der Waals surface area contributed by atoms with Crippen molar-refractivity contribution in [3.8, 4) is 0 Å². The summed E-state index contributed by atoms with van der Waals surface area (Å²) < 4.78 is 0. The van der Waals surface area contributed by atoms with Crippen LogP contribution in [0.5, 0.6) is 0 Å². The largest absolute Gasteiger partial charge is 0.136 e. The van der Waals surface area contributed by atoms with E-state index in [0.717, 1.165) is 18.5 Å².